The number of ether oxygens (including phenoxy) is 1. The molecule has 1 aromatic rings. The van der Waals surface area contributed by atoms with E-state index in [1.54, 1.807) is 13.0 Å². The Labute approximate surface area is 147 Å². The van der Waals surface area contributed by atoms with Gasteiger partial charge in [0.2, 0.25) is 0 Å². The van der Waals surface area contributed by atoms with Gasteiger partial charge in [-0.15, -0.1) is 0 Å². The number of carbonyl (C=O) groups is 2. The van der Waals surface area contributed by atoms with Crippen molar-refractivity contribution < 1.29 is 18.7 Å². The minimum Gasteiger partial charge on any atom is -0.455 e. The number of hydrogen-bond donors (Lipinski definition) is 1. The Bertz CT molecular complexity index is 680. The normalized spacial score (nSPS) is 32.5. The first-order valence-corrected chi connectivity index (χ1v) is 9.17. The maximum atomic E-state index is 13.3. The number of hydrogen-bond acceptors (Lipinski definition) is 3. The van der Waals surface area contributed by atoms with Gasteiger partial charge >= 0.3 is 5.97 Å². The fourth-order valence-corrected chi connectivity index (χ4v) is 5.56. The zero-order chi connectivity index (χ0) is 17.6. The monoisotopic (exact) mass is 345 g/mol. The van der Waals surface area contributed by atoms with Crippen LogP contribution in [0.5, 0.6) is 0 Å². The first-order valence-electron chi connectivity index (χ1n) is 9.17. The Kier molecular flexibility index (Phi) is 4.05. The average Bonchev–Trinajstić information content (AvgIpc) is 2.55. The van der Waals surface area contributed by atoms with Gasteiger partial charge in [0.25, 0.3) is 5.91 Å². The first kappa shape index (κ1) is 16.6. The molecule has 4 aliphatic carbocycles. The van der Waals surface area contributed by atoms with Crippen LogP contribution < -0.4 is 5.32 Å². The van der Waals surface area contributed by atoms with Gasteiger partial charge in [0.05, 0.1) is 5.41 Å². The Morgan fingerprint density at radius 3 is 2.36 bits per heavy atom. The minimum atomic E-state index is -0.424. The molecule has 0 aromatic heterocycles. The van der Waals surface area contributed by atoms with Crippen LogP contribution >= 0.6 is 0 Å². The third-order valence-corrected chi connectivity index (χ3v) is 6.28. The van der Waals surface area contributed by atoms with Crippen LogP contribution in [0.4, 0.5) is 10.1 Å². The average molecular weight is 345 g/mol. The van der Waals surface area contributed by atoms with E-state index in [9.17, 15) is 14.0 Å². The molecule has 5 rings (SSSR count). The van der Waals surface area contributed by atoms with Crippen molar-refractivity contribution in [3.63, 3.8) is 0 Å². The van der Waals surface area contributed by atoms with Crippen LogP contribution in [0.3, 0.4) is 0 Å². The second-order valence-electron chi connectivity index (χ2n) is 8.28. The van der Waals surface area contributed by atoms with Gasteiger partial charge in [-0.25, -0.2) is 4.39 Å². The SMILES string of the molecule is Cc1ccc(F)cc1NC(=O)COC(=O)C12CC3CC(CC(C3)C1)C2. The number of amides is 1. The standard InChI is InChI=1S/C20H24FNO3/c1-12-2-3-16(21)7-17(12)22-18(23)11-25-19(24)20-8-13-4-14(9-20)6-15(5-13)10-20/h2-3,7,13-15H,4-6,8-11H2,1H3,(H,22,23). The van der Waals surface area contributed by atoms with Crippen LogP contribution in [0, 0.1) is 35.9 Å². The van der Waals surface area contributed by atoms with Gasteiger partial charge in [0, 0.05) is 5.69 Å². The van der Waals surface area contributed by atoms with Crippen molar-refractivity contribution in [3.05, 3.63) is 29.6 Å². The highest BCUT2D eigenvalue weighted by Gasteiger charge is 2.55. The van der Waals surface area contributed by atoms with Gasteiger partial charge in [0.1, 0.15) is 5.82 Å². The maximum Gasteiger partial charge on any atom is 0.312 e. The summed E-state index contributed by atoms with van der Waals surface area (Å²) < 4.78 is 18.7. The molecule has 0 radical (unpaired) electrons. The molecule has 0 heterocycles. The maximum absolute atomic E-state index is 13.3. The number of anilines is 1. The van der Waals surface area contributed by atoms with Crippen molar-refractivity contribution >= 4 is 17.6 Å². The molecule has 4 bridgehead atoms. The summed E-state index contributed by atoms with van der Waals surface area (Å²) in [6.45, 7) is 1.48. The fraction of sp³-hybridized carbons (Fsp3) is 0.600. The van der Waals surface area contributed by atoms with Crippen molar-refractivity contribution in [2.45, 2.75) is 45.4 Å². The Morgan fingerprint density at radius 1 is 1.16 bits per heavy atom. The van der Waals surface area contributed by atoms with E-state index in [0.29, 0.717) is 23.4 Å². The quantitative estimate of drug-likeness (QED) is 0.844. The number of rotatable bonds is 4. The molecule has 0 atom stereocenters. The second-order valence-corrected chi connectivity index (χ2v) is 8.28. The van der Waals surface area contributed by atoms with Gasteiger partial charge < -0.3 is 10.1 Å². The summed E-state index contributed by atoms with van der Waals surface area (Å²) in [5.41, 5.74) is 0.821. The molecule has 4 nitrogen and oxygen atoms in total. The summed E-state index contributed by atoms with van der Waals surface area (Å²) in [5, 5.41) is 2.62. The topological polar surface area (TPSA) is 55.4 Å². The predicted octanol–water partition coefficient (Wildman–Crippen LogP) is 3.83. The summed E-state index contributed by atoms with van der Waals surface area (Å²) in [4.78, 5) is 24.8. The third kappa shape index (κ3) is 3.16. The lowest BCUT2D eigenvalue weighted by Crippen LogP contribution is -2.50. The Balaban J connectivity index is 1.36. The molecular formula is C20H24FNO3. The fourth-order valence-electron chi connectivity index (χ4n) is 5.56. The molecule has 0 saturated heterocycles. The van der Waals surface area contributed by atoms with Gasteiger partial charge in [-0.1, -0.05) is 6.07 Å². The lowest BCUT2D eigenvalue weighted by atomic mass is 9.49. The lowest BCUT2D eigenvalue weighted by molar-refractivity contribution is -0.172. The minimum absolute atomic E-state index is 0.210. The van der Waals surface area contributed by atoms with E-state index >= 15 is 0 Å². The van der Waals surface area contributed by atoms with Crippen molar-refractivity contribution in [3.8, 4) is 0 Å². The number of aryl methyl sites for hydroxylation is 1. The predicted molar refractivity (Wildman–Crippen MR) is 91.3 cm³/mol. The largest absolute Gasteiger partial charge is 0.455 e. The van der Waals surface area contributed by atoms with E-state index in [1.165, 1.54) is 31.4 Å². The smallest absolute Gasteiger partial charge is 0.312 e. The summed E-state index contributed by atoms with van der Waals surface area (Å²) >= 11 is 0. The summed E-state index contributed by atoms with van der Waals surface area (Å²) in [6.07, 6.45) is 6.52. The summed E-state index contributed by atoms with van der Waals surface area (Å²) in [5.74, 6) is 0.920. The van der Waals surface area contributed by atoms with E-state index < -0.39 is 11.7 Å². The van der Waals surface area contributed by atoms with Gasteiger partial charge in [0.15, 0.2) is 6.61 Å². The Hall–Kier alpha value is -1.91. The van der Waals surface area contributed by atoms with Crippen LogP contribution in [0.1, 0.15) is 44.1 Å². The number of esters is 1. The molecule has 25 heavy (non-hydrogen) atoms. The van der Waals surface area contributed by atoms with E-state index in [4.69, 9.17) is 4.74 Å². The van der Waals surface area contributed by atoms with Crippen LogP contribution in [0.2, 0.25) is 0 Å². The molecule has 134 valence electrons. The van der Waals surface area contributed by atoms with E-state index in [-0.39, 0.29) is 18.0 Å². The van der Waals surface area contributed by atoms with Crippen LogP contribution in [-0.2, 0) is 14.3 Å². The van der Waals surface area contributed by atoms with E-state index in [0.717, 1.165) is 24.8 Å². The molecule has 4 aliphatic rings. The zero-order valence-electron chi connectivity index (χ0n) is 14.5. The van der Waals surface area contributed by atoms with Crippen molar-refractivity contribution in [1.29, 1.82) is 0 Å². The summed E-state index contributed by atoms with van der Waals surface area (Å²) in [7, 11) is 0. The molecule has 5 heteroatoms. The van der Waals surface area contributed by atoms with Crippen LogP contribution in [-0.4, -0.2) is 18.5 Å². The van der Waals surface area contributed by atoms with E-state index in [1.807, 2.05) is 0 Å². The van der Waals surface area contributed by atoms with E-state index in [2.05, 4.69) is 5.32 Å². The van der Waals surface area contributed by atoms with Gasteiger partial charge in [-0.2, -0.15) is 0 Å². The third-order valence-electron chi connectivity index (χ3n) is 6.28. The summed E-state index contributed by atoms with van der Waals surface area (Å²) in [6, 6.07) is 4.22. The number of halogens is 1. The number of nitrogens with one attached hydrogen (secondary N) is 1. The lowest BCUT2D eigenvalue weighted by Gasteiger charge is -2.55. The molecule has 1 aromatic carbocycles. The Morgan fingerprint density at radius 2 is 1.76 bits per heavy atom. The van der Waals surface area contributed by atoms with Crippen LogP contribution in [0.15, 0.2) is 18.2 Å². The molecular weight excluding hydrogens is 321 g/mol. The molecule has 0 aliphatic heterocycles. The van der Waals surface area contributed by atoms with Crippen molar-refractivity contribution in [2.75, 3.05) is 11.9 Å². The molecule has 0 spiro atoms. The highest BCUT2D eigenvalue weighted by atomic mass is 19.1. The number of carbonyl (C=O) groups excluding carboxylic acids is 2. The molecule has 4 saturated carbocycles. The highest BCUT2D eigenvalue weighted by molar-refractivity contribution is 5.93. The molecule has 1 N–H and O–H groups in total. The zero-order valence-corrected chi connectivity index (χ0v) is 14.5. The van der Waals surface area contributed by atoms with Gasteiger partial charge in [-0.3, -0.25) is 9.59 Å². The second kappa shape index (κ2) is 6.11. The molecule has 0 unspecified atom stereocenters. The highest BCUT2D eigenvalue weighted by Crippen LogP contribution is 2.60. The number of benzene rings is 1. The molecule has 4 fully saturated rings. The molecule has 1 amide bonds. The van der Waals surface area contributed by atoms with Crippen LogP contribution in [0.25, 0.3) is 0 Å². The van der Waals surface area contributed by atoms with Crippen molar-refractivity contribution in [1.82, 2.24) is 0 Å². The first-order chi connectivity index (χ1) is 11.9. The van der Waals surface area contributed by atoms with Crippen molar-refractivity contribution in [2.24, 2.45) is 23.2 Å². The van der Waals surface area contributed by atoms with Gasteiger partial charge in [-0.05, 0) is 80.9 Å².